The SMILES string of the molecule is CCOC(=O)C1=C(C)NC(c2ccccc2)C(Cc2cccc(C)c2)(C(=O)O)C1C#Cc1ccccc1. The summed E-state index contributed by atoms with van der Waals surface area (Å²) < 4.78 is 5.42. The average molecular weight is 494 g/mol. The van der Waals surface area contributed by atoms with Crippen molar-refractivity contribution in [2.75, 3.05) is 6.61 Å². The van der Waals surface area contributed by atoms with E-state index >= 15 is 0 Å². The molecule has 1 aliphatic heterocycles. The molecule has 4 rings (SSSR count). The quantitative estimate of drug-likeness (QED) is 0.352. The number of aliphatic carboxylic acids is 1. The summed E-state index contributed by atoms with van der Waals surface area (Å²) >= 11 is 0. The molecule has 3 atom stereocenters. The van der Waals surface area contributed by atoms with Crippen LogP contribution < -0.4 is 5.32 Å². The lowest BCUT2D eigenvalue weighted by molar-refractivity contribution is -0.154. The maximum Gasteiger partial charge on any atom is 0.337 e. The van der Waals surface area contributed by atoms with Crippen molar-refractivity contribution in [3.8, 4) is 11.8 Å². The fraction of sp³-hybridized carbons (Fsp3) is 0.250. The number of nitrogens with one attached hydrogen (secondary N) is 1. The molecule has 0 radical (unpaired) electrons. The Balaban J connectivity index is 2.01. The highest BCUT2D eigenvalue weighted by Gasteiger charge is 2.57. The molecule has 188 valence electrons. The number of rotatable bonds is 6. The van der Waals surface area contributed by atoms with Gasteiger partial charge in [0.25, 0.3) is 0 Å². The highest BCUT2D eigenvalue weighted by atomic mass is 16.5. The third-order valence-electron chi connectivity index (χ3n) is 6.82. The molecule has 37 heavy (non-hydrogen) atoms. The van der Waals surface area contributed by atoms with Crippen LogP contribution in [0.15, 0.2) is 96.2 Å². The third kappa shape index (κ3) is 5.29. The number of carbonyl (C=O) groups excluding carboxylic acids is 1. The van der Waals surface area contributed by atoms with Gasteiger partial charge in [-0.1, -0.05) is 90.2 Å². The number of carboxylic acid groups (broad SMARTS) is 1. The van der Waals surface area contributed by atoms with Crippen molar-refractivity contribution < 1.29 is 19.4 Å². The first-order chi connectivity index (χ1) is 17.9. The van der Waals surface area contributed by atoms with E-state index in [4.69, 9.17) is 4.74 Å². The number of allylic oxidation sites excluding steroid dienone is 1. The van der Waals surface area contributed by atoms with Gasteiger partial charge in [-0.3, -0.25) is 4.79 Å². The van der Waals surface area contributed by atoms with Gasteiger partial charge < -0.3 is 15.2 Å². The van der Waals surface area contributed by atoms with Gasteiger partial charge in [-0.15, -0.1) is 0 Å². The predicted octanol–water partition coefficient (Wildman–Crippen LogP) is 5.46. The molecule has 5 nitrogen and oxygen atoms in total. The van der Waals surface area contributed by atoms with Gasteiger partial charge in [0, 0.05) is 11.3 Å². The molecule has 0 fully saturated rings. The fourth-order valence-electron chi connectivity index (χ4n) is 5.13. The van der Waals surface area contributed by atoms with Crippen molar-refractivity contribution in [1.82, 2.24) is 5.32 Å². The van der Waals surface area contributed by atoms with E-state index in [0.29, 0.717) is 5.70 Å². The highest BCUT2D eigenvalue weighted by molar-refractivity contribution is 5.93. The van der Waals surface area contributed by atoms with Crippen molar-refractivity contribution >= 4 is 11.9 Å². The van der Waals surface area contributed by atoms with Crippen LogP contribution in [0.3, 0.4) is 0 Å². The van der Waals surface area contributed by atoms with Crippen molar-refractivity contribution in [2.24, 2.45) is 11.3 Å². The zero-order chi connectivity index (χ0) is 26.4. The summed E-state index contributed by atoms with van der Waals surface area (Å²) in [6.45, 7) is 5.68. The normalized spacial score (nSPS) is 20.8. The summed E-state index contributed by atoms with van der Waals surface area (Å²) in [6, 6.07) is 26.1. The number of ether oxygens (including phenoxy) is 1. The fourth-order valence-corrected chi connectivity index (χ4v) is 5.13. The number of carbonyl (C=O) groups is 2. The van der Waals surface area contributed by atoms with Gasteiger partial charge in [-0.25, -0.2) is 4.79 Å². The molecule has 0 aromatic heterocycles. The highest BCUT2D eigenvalue weighted by Crippen LogP contribution is 2.51. The zero-order valence-corrected chi connectivity index (χ0v) is 21.3. The van der Waals surface area contributed by atoms with Gasteiger partial charge in [-0.2, -0.15) is 0 Å². The van der Waals surface area contributed by atoms with Gasteiger partial charge in [0.15, 0.2) is 0 Å². The Bertz CT molecular complexity index is 1370. The van der Waals surface area contributed by atoms with Crippen LogP contribution >= 0.6 is 0 Å². The molecule has 0 saturated carbocycles. The monoisotopic (exact) mass is 493 g/mol. The maximum atomic E-state index is 13.5. The number of esters is 1. The van der Waals surface area contributed by atoms with E-state index in [1.54, 1.807) is 13.8 Å². The molecule has 0 saturated heterocycles. The van der Waals surface area contributed by atoms with Crippen molar-refractivity contribution in [2.45, 2.75) is 33.2 Å². The Morgan fingerprint density at radius 1 is 0.973 bits per heavy atom. The smallest absolute Gasteiger partial charge is 0.337 e. The minimum absolute atomic E-state index is 0.168. The van der Waals surface area contributed by atoms with Crippen LogP contribution in [0.25, 0.3) is 0 Å². The summed E-state index contributed by atoms with van der Waals surface area (Å²) in [5.41, 5.74) is 2.77. The molecule has 2 N–H and O–H groups in total. The average Bonchev–Trinajstić information content (AvgIpc) is 2.89. The number of benzene rings is 3. The van der Waals surface area contributed by atoms with Crippen molar-refractivity contribution in [1.29, 1.82) is 0 Å². The molecular weight excluding hydrogens is 462 g/mol. The second-order valence-corrected chi connectivity index (χ2v) is 9.33. The second kappa shape index (κ2) is 11.2. The van der Waals surface area contributed by atoms with Gasteiger partial charge in [0.05, 0.1) is 24.1 Å². The van der Waals surface area contributed by atoms with Crippen molar-refractivity contribution in [3.63, 3.8) is 0 Å². The maximum absolute atomic E-state index is 13.5. The lowest BCUT2D eigenvalue weighted by atomic mass is 9.60. The Labute approximate surface area is 218 Å². The molecule has 3 aromatic carbocycles. The van der Waals surface area contributed by atoms with E-state index in [1.165, 1.54) is 0 Å². The van der Waals surface area contributed by atoms with Gasteiger partial charge in [0.2, 0.25) is 0 Å². The molecule has 3 unspecified atom stereocenters. The number of carboxylic acids is 1. The van der Waals surface area contributed by atoms with E-state index in [1.807, 2.05) is 91.9 Å². The molecule has 1 aliphatic rings. The Hall–Kier alpha value is -4.30. The standard InChI is InChI=1S/C32H31NO4/c1-4-37-30(34)28-23(3)33-29(26-16-9-6-10-17-26)32(31(35)36,21-25-15-11-12-22(2)20-25)27(28)19-18-24-13-7-5-8-14-24/h5-17,20,27,29,33H,4,21H2,1-3H3,(H,35,36). The van der Waals surface area contributed by atoms with E-state index in [9.17, 15) is 14.7 Å². The first-order valence-corrected chi connectivity index (χ1v) is 12.4. The van der Waals surface area contributed by atoms with E-state index in [2.05, 4.69) is 17.2 Å². The minimum Gasteiger partial charge on any atom is -0.481 e. The van der Waals surface area contributed by atoms with E-state index < -0.39 is 29.3 Å². The predicted molar refractivity (Wildman–Crippen MR) is 143 cm³/mol. The van der Waals surface area contributed by atoms with Gasteiger partial charge in [0.1, 0.15) is 5.41 Å². The molecule has 0 bridgehead atoms. The van der Waals surface area contributed by atoms with Crippen LogP contribution in [0.5, 0.6) is 0 Å². The van der Waals surface area contributed by atoms with Crippen LogP contribution in [0, 0.1) is 30.1 Å². The number of aryl methyl sites for hydroxylation is 1. The number of hydrogen-bond acceptors (Lipinski definition) is 4. The minimum atomic E-state index is -1.50. The first-order valence-electron chi connectivity index (χ1n) is 12.4. The number of hydrogen-bond donors (Lipinski definition) is 2. The Morgan fingerprint density at radius 2 is 1.65 bits per heavy atom. The molecule has 3 aromatic rings. The summed E-state index contributed by atoms with van der Waals surface area (Å²) in [6.07, 6.45) is 0.168. The summed E-state index contributed by atoms with van der Waals surface area (Å²) in [5, 5.41) is 14.4. The van der Waals surface area contributed by atoms with Gasteiger partial charge in [-0.05, 0) is 50.5 Å². The second-order valence-electron chi connectivity index (χ2n) is 9.33. The van der Waals surface area contributed by atoms with E-state index in [0.717, 1.165) is 22.3 Å². The zero-order valence-electron chi connectivity index (χ0n) is 21.3. The van der Waals surface area contributed by atoms with E-state index in [-0.39, 0.29) is 18.6 Å². The lowest BCUT2D eigenvalue weighted by Gasteiger charge is -2.46. The van der Waals surface area contributed by atoms with Crippen molar-refractivity contribution in [3.05, 3.63) is 118 Å². The lowest BCUT2D eigenvalue weighted by Crippen LogP contribution is -2.55. The van der Waals surface area contributed by atoms with Crippen LogP contribution in [0.4, 0.5) is 0 Å². The van der Waals surface area contributed by atoms with Crippen LogP contribution in [-0.2, 0) is 20.7 Å². The molecular formula is C32H31NO4. The molecule has 5 heteroatoms. The van der Waals surface area contributed by atoms with Gasteiger partial charge >= 0.3 is 11.9 Å². The first kappa shape index (κ1) is 25.8. The summed E-state index contributed by atoms with van der Waals surface area (Å²) in [4.78, 5) is 26.8. The topological polar surface area (TPSA) is 75.6 Å². The summed E-state index contributed by atoms with van der Waals surface area (Å²) in [7, 11) is 0. The molecule has 0 amide bonds. The van der Waals surface area contributed by atoms with Crippen LogP contribution in [0.2, 0.25) is 0 Å². The Kier molecular flexibility index (Phi) is 7.79. The molecule has 0 aliphatic carbocycles. The summed E-state index contributed by atoms with van der Waals surface area (Å²) in [5.74, 6) is 3.87. The molecule has 1 heterocycles. The largest absolute Gasteiger partial charge is 0.481 e. The third-order valence-corrected chi connectivity index (χ3v) is 6.82. The van der Waals surface area contributed by atoms with Crippen LogP contribution in [-0.4, -0.2) is 23.7 Å². The van der Waals surface area contributed by atoms with Crippen LogP contribution in [0.1, 0.15) is 42.1 Å². The molecule has 0 spiro atoms. The Morgan fingerprint density at radius 3 is 2.27 bits per heavy atom.